The maximum atomic E-state index is 4.08. The average Bonchev–Trinajstić information content (AvgIpc) is 2.68. The third-order valence-corrected chi connectivity index (χ3v) is 3.73. The molecule has 0 radical (unpaired) electrons. The second-order valence-corrected chi connectivity index (χ2v) is 5.05. The normalized spacial score (nSPS) is 23.6. The first-order valence-corrected chi connectivity index (χ1v) is 6.17. The molecule has 2 atom stereocenters. The Morgan fingerprint density at radius 3 is 2.88 bits per heavy atom. The van der Waals surface area contributed by atoms with Crippen LogP contribution in [0.2, 0.25) is 0 Å². The van der Waals surface area contributed by atoms with Crippen molar-refractivity contribution in [1.29, 1.82) is 0 Å². The van der Waals surface area contributed by atoms with E-state index in [4.69, 9.17) is 0 Å². The van der Waals surface area contributed by atoms with E-state index in [2.05, 4.69) is 55.0 Å². The third kappa shape index (κ3) is 1.60. The van der Waals surface area contributed by atoms with Crippen molar-refractivity contribution in [3.63, 3.8) is 0 Å². The molecular weight excluding hydrogens is 208 g/mol. The van der Waals surface area contributed by atoms with E-state index >= 15 is 0 Å². The predicted molar refractivity (Wildman–Crippen MR) is 72.2 cm³/mol. The Balaban J connectivity index is 2.16. The Kier molecular flexibility index (Phi) is 2.33. The van der Waals surface area contributed by atoms with Gasteiger partial charge >= 0.3 is 0 Å². The molecule has 2 unspecified atom stereocenters. The van der Waals surface area contributed by atoms with E-state index in [1.54, 1.807) is 0 Å². The van der Waals surface area contributed by atoms with Crippen molar-refractivity contribution in [3.8, 4) is 0 Å². The summed E-state index contributed by atoms with van der Waals surface area (Å²) in [5.74, 6) is 0. The van der Waals surface area contributed by atoms with Crippen molar-refractivity contribution in [2.75, 3.05) is 0 Å². The molecule has 0 fully saturated rings. The summed E-state index contributed by atoms with van der Waals surface area (Å²) in [6, 6.07) is 9.32. The average molecular weight is 226 g/mol. The second-order valence-electron chi connectivity index (χ2n) is 5.05. The highest BCUT2D eigenvalue weighted by Gasteiger charge is 2.26. The molecule has 0 saturated carbocycles. The van der Waals surface area contributed by atoms with Gasteiger partial charge in [-0.2, -0.15) is 0 Å². The van der Waals surface area contributed by atoms with Gasteiger partial charge in [-0.25, -0.2) is 0 Å². The molecule has 0 bridgehead atoms. The van der Waals surface area contributed by atoms with Crippen LogP contribution in [0.5, 0.6) is 0 Å². The molecule has 17 heavy (non-hydrogen) atoms. The number of rotatable bonds is 1. The van der Waals surface area contributed by atoms with Gasteiger partial charge in [0.2, 0.25) is 0 Å². The first kappa shape index (κ1) is 10.6. The van der Waals surface area contributed by atoms with Gasteiger partial charge in [0.05, 0.1) is 0 Å². The summed E-state index contributed by atoms with van der Waals surface area (Å²) in [5.41, 5.74) is 5.25. The first-order valence-electron chi connectivity index (χ1n) is 6.17. The highest BCUT2D eigenvalue weighted by Crippen LogP contribution is 2.32. The van der Waals surface area contributed by atoms with Crippen LogP contribution < -0.4 is 5.32 Å². The number of nitrogens with one attached hydrogen (secondary N) is 2. The number of aromatic amines is 1. The maximum absolute atomic E-state index is 4.08. The lowest BCUT2D eigenvalue weighted by Crippen LogP contribution is -2.38. The van der Waals surface area contributed by atoms with E-state index in [-0.39, 0.29) is 0 Å². The molecule has 0 spiro atoms. The zero-order valence-corrected chi connectivity index (χ0v) is 10.4. The zero-order valence-electron chi connectivity index (χ0n) is 10.4. The smallest absolute Gasteiger partial charge is 0.0459 e. The van der Waals surface area contributed by atoms with Crippen LogP contribution in [0.15, 0.2) is 36.4 Å². The molecule has 2 N–H and O–H groups in total. The van der Waals surface area contributed by atoms with Gasteiger partial charge in [-0.15, -0.1) is 0 Å². The number of para-hydroxylation sites is 1. The van der Waals surface area contributed by atoms with Crippen LogP contribution in [-0.4, -0.2) is 11.0 Å². The molecule has 0 saturated heterocycles. The molecule has 2 heteroatoms. The van der Waals surface area contributed by atoms with Crippen LogP contribution in [-0.2, 0) is 6.42 Å². The van der Waals surface area contributed by atoms with Crippen LogP contribution in [0.1, 0.15) is 31.1 Å². The first-order chi connectivity index (χ1) is 8.16. The van der Waals surface area contributed by atoms with E-state index in [1.807, 2.05) is 0 Å². The minimum atomic E-state index is 0.368. The van der Waals surface area contributed by atoms with E-state index in [0.717, 1.165) is 6.42 Å². The summed E-state index contributed by atoms with van der Waals surface area (Å²) in [6.07, 6.45) is 1.04. The molecule has 88 valence electrons. The molecule has 1 aromatic carbocycles. The SMILES string of the molecule is C=C(C)C1Cc2c([nH]c3ccccc23)C(C)N1. The Morgan fingerprint density at radius 1 is 1.35 bits per heavy atom. The minimum Gasteiger partial charge on any atom is -0.357 e. The summed E-state index contributed by atoms with van der Waals surface area (Å²) in [4.78, 5) is 3.53. The van der Waals surface area contributed by atoms with Crippen LogP contribution >= 0.6 is 0 Å². The van der Waals surface area contributed by atoms with Gasteiger partial charge in [0, 0.05) is 28.7 Å². The molecule has 1 aliphatic heterocycles. The lowest BCUT2D eigenvalue weighted by atomic mass is 9.92. The Hall–Kier alpha value is -1.54. The quantitative estimate of drug-likeness (QED) is 0.717. The molecular formula is C15H18N2. The molecule has 1 aromatic heterocycles. The Bertz CT molecular complexity index is 580. The van der Waals surface area contributed by atoms with Crippen LogP contribution in [0.4, 0.5) is 0 Å². The van der Waals surface area contributed by atoms with Gasteiger partial charge in [0.25, 0.3) is 0 Å². The van der Waals surface area contributed by atoms with Crippen LogP contribution in [0.3, 0.4) is 0 Å². The van der Waals surface area contributed by atoms with Crippen molar-refractivity contribution in [2.24, 2.45) is 0 Å². The summed E-state index contributed by atoms with van der Waals surface area (Å²) in [5, 5.41) is 4.97. The standard InChI is InChI=1S/C15H18N2/c1-9(2)14-8-12-11-6-4-5-7-13(11)17-15(12)10(3)16-14/h4-7,10,14,16-17H,1,8H2,2-3H3. The van der Waals surface area contributed by atoms with Gasteiger partial charge < -0.3 is 10.3 Å². The Labute approximate surface area is 102 Å². The molecule has 3 rings (SSSR count). The van der Waals surface area contributed by atoms with E-state index in [0.29, 0.717) is 12.1 Å². The fourth-order valence-corrected chi connectivity index (χ4v) is 2.78. The Morgan fingerprint density at radius 2 is 2.12 bits per heavy atom. The van der Waals surface area contributed by atoms with Crippen LogP contribution in [0.25, 0.3) is 10.9 Å². The molecule has 2 heterocycles. The van der Waals surface area contributed by atoms with Gasteiger partial charge in [-0.05, 0) is 31.9 Å². The van der Waals surface area contributed by atoms with Gasteiger partial charge in [-0.3, -0.25) is 0 Å². The van der Waals surface area contributed by atoms with Crippen molar-refractivity contribution >= 4 is 10.9 Å². The number of aromatic nitrogens is 1. The summed E-state index contributed by atoms with van der Waals surface area (Å²) < 4.78 is 0. The minimum absolute atomic E-state index is 0.368. The fourth-order valence-electron chi connectivity index (χ4n) is 2.78. The van der Waals surface area contributed by atoms with Crippen molar-refractivity contribution in [1.82, 2.24) is 10.3 Å². The third-order valence-electron chi connectivity index (χ3n) is 3.73. The largest absolute Gasteiger partial charge is 0.357 e. The monoisotopic (exact) mass is 226 g/mol. The lowest BCUT2D eigenvalue weighted by molar-refractivity contribution is 0.456. The lowest BCUT2D eigenvalue weighted by Gasteiger charge is -2.29. The summed E-state index contributed by atoms with van der Waals surface area (Å²) >= 11 is 0. The van der Waals surface area contributed by atoms with Gasteiger partial charge in [-0.1, -0.05) is 30.4 Å². The number of hydrogen-bond acceptors (Lipinski definition) is 1. The highest BCUT2D eigenvalue weighted by atomic mass is 15.0. The zero-order chi connectivity index (χ0) is 12.0. The van der Waals surface area contributed by atoms with Gasteiger partial charge in [0.15, 0.2) is 0 Å². The number of hydrogen-bond donors (Lipinski definition) is 2. The summed E-state index contributed by atoms with van der Waals surface area (Å²) in [6.45, 7) is 8.39. The van der Waals surface area contributed by atoms with Crippen molar-refractivity contribution in [2.45, 2.75) is 32.4 Å². The molecule has 1 aliphatic rings. The van der Waals surface area contributed by atoms with E-state index < -0.39 is 0 Å². The maximum Gasteiger partial charge on any atom is 0.0459 e. The van der Waals surface area contributed by atoms with Crippen LogP contribution in [0, 0.1) is 0 Å². The molecule has 2 nitrogen and oxygen atoms in total. The van der Waals surface area contributed by atoms with E-state index in [9.17, 15) is 0 Å². The van der Waals surface area contributed by atoms with Crippen molar-refractivity contribution < 1.29 is 0 Å². The van der Waals surface area contributed by atoms with Gasteiger partial charge in [0.1, 0.15) is 0 Å². The predicted octanol–water partition coefficient (Wildman–Crippen LogP) is 3.32. The van der Waals surface area contributed by atoms with Crippen molar-refractivity contribution in [3.05, 3.63) is 47.7 Å². The fraction of sp³-hybridized carbons (Fsp3) is 0.333. The molecule has 0 amide bonds. The summed E-state index contributed by atoms with van der Waals surface area (Å²) in [7, 11) is 0. The molecule has 2 aromatic rings. The molecule has 0 aliphatic carbocycles. The highest BCUT2D eigenvalue weighted by molar-refractivity contribution is 5.85. The number of H-pyrrole nitrogens is 1. The topological polar surface area (TPSA) is 27.8 Å². The number of benzene rings is 1. The number of fused-ring (bicyclic) bond motifs is 3. The second kappa shape index (κ2) is 3.74. The van der Waals surface area contributed by atoms with E-state index in [1.165, 1.54) is 27.7 Å².